The number of hydrogen-bond acceptors (Lipinski definition) is 3. The van der Waals surface area contributed by atoms with Crippen molar-refractivity contribution >= 4 is 0 Å². The Labute approximate surface area is 123 Å². The molecule has 1 N–H and O–H groups in total. The van der Waals surface area contributed by atoms with Crippen LogP contribution < -0.4 is 0 Å². The molecule has 1 aliphatic heterocycles. The Balaban J connectivity index is 1.78. The summed E-state index contributed by atoms with van der Waals surface area (Å²) in [6.07, 6.45) is -0.259. The maximum atomic E-state index is 9.82. The molecule has 0 spiro atoms. The lowest BCUT2D eigenvalue weighted by Gasteiger charge is -2.40. The second-order valence-electron chi connectivity index (χ2n) is 6.70. The minimum Gasteiger partial charge on any atom is -0.393 e. The standard InChI is InChI=1S/C17H28N2O/c1-15(20)17(2,3)14-19-11-9-18(10-12-19)13-16-7-5-4-6-8-16/h4-8,15,20H,9-14H2,1-3H3. The van der Waals surface area contributed by atoms with Crippen molar-refractivity contribution in [1.82, 2.24) is 9.80 Å². The van der Waals surface area contributed by atoms with E-state index in [-0.39, 0.29) is 11.5 Å². The summed E-state index contributed by atoms with van der Waals surface area (Å²) in [6, 6.07) is 10.7. The number of rotatable bonds is 5. The topological polar surface area (TPSA) is 26.7 Å². The summed E-state index contributed by atoms with van der Waals surface area (Å²) in [7, 11) is 0. The molecule has 2 rings (SSSR count). The van der Waals surface area contributed by atoms with Crippen LogP contribution in [-0.4, -0.2) is 53.7 Å². The van der Waals surface area contributed by atoms with Crippen LogP contribution in [0.4, 0.5) is 0 Å². The zero-order valence-corrected chi connectivity index (χ0v) is 13.0. The SMILES string of the molecule is CC(O)C(C)(C)CN1CCN(Cc2ccccc2)CC1. The predicted molar refractivity (Wildman–Crippen MR) is 83.6 cm³/mol. The maximum absolute atomic E-state index is 9.82. The van der Waals surface area contributed by atoms with E-state index < -0.39 is 0 Å². The van der Waals surface area contributed by atoms with Gasteiger partial charge in [-0.05, 0) is 12.5 Å². The van der Waals surface area contributed by atoms with Gasteiger partial charge in [-0.1, -0.05) is 44.2 Å². The van der Waals surface area contributed by atoms with Gasteiger partial charge in [-0.3, -0.25) is 4.90 Å². The fourth-order valence-electron chi connectivity index (χ4n) is 2.66. The van der Waals surface area contributed by atoms with E-state index in [1.54, 1.807) is 0 Å². The van der Waals surface area contributed by atoms with Gasteiger partial charge in [0.15, 0.2) is 0 Å². The summed E-state index contributed by atoms with van der Waals surface area (Å²) in [5.74, 6) is 0. The lowest BCUT2D eigenvalue weighted by atomic mass is 9.86. The molecule has 3 nitrogen and oxygen atoms in total. The van der Waals surface area contributed by atoms with Crippen LogP contribution in [0.2, 0.25) is 0 Å². The minimum atomic E-state index is -0.259. The minimum absolute atomic E-state index is 0.0262. The lowest BCUT2D eigenvalue weighted by Crippen LogP contribution is -2.50. The highest BCUT2D eigenvalue weighted by Crippen LogP contribution is 2.22. The van der Waals surface area contributed by atoms with Crippen molar-refractivity contribution in [2.75, 3.05) is 32.7 Å². The van der Waals surface area contributed by atoms with Crippen LogP contribution in [0, 0.1) is 5.41 Å². The van der Waals surface area contributed by atoms with Crippen molar-refractivity contribution in [2.24, 2.45) is 5.41 Å². The van der Waals surface area contributed by atoms with Crippen LogP contribution in [0.25, 0.3) is 0 Å². The second kappa shape index (κ2) is 6.70. The molecular weight excluding hydrogens is 248 g/mol. The molecule has 1 unspecified atom stereocenters. The summed E-state index contributed by atoms with van der Waals surface area (Å²) in [4.78, 5) is 5.00. The zero-order chi connectivity index (χ0) is 14.6. The van der Waals surface area contributed by atoms with E-state index in [4.69, 9.17) is 0 Å². The average molecular weight is 276 g/mol. The molecule has 112 valence electrons. The van der Waals surface area contributed by atoms with Gasteiger partial charge < -0.3 is 10.0 Å². The number of benzene rings is 1. The van der Waals surface area contributed by atoms with Gasteiger partial charge >= 0.3 is 0 Å². The number of piperazine rings is 1. The fourth-order valence-corrected chi connectivity index (χ4v) is 2.66. The summed E-state index contributed by atoms with van der Waals surface area (Å²) in [5, 5.41) is 9.82. The third-order valence-electron chi connectivity index (χ3n) is 4.48. The van der Waals surface area contributed by atoms with Gasteiger partial charge in [-0.25, -0.2) is 0 Å². The van der Waals surface area contributed by atoms with Crippen LogP contribution in [0.5, 0.6) is 0 Å². The molecule has 1 aromatic rings. The first-order chi connectivity index (χ1) is 9.47. The van der Waals surface area contributed by atoms with Gasteiger partial charge in [0.05, 0.1) is 6.10 Å². The maximum Gasteiger partial charge on any atom is 0.0575 e. The first-order valence-corrected chi connectivity index (χ1v) is 7.64. The lowest BCUT2D eigenvalue weighted by molar-refractivity contribution is 0.0182. The van der Waals surface area contributed by atoms with Gasteiger partial charge in [0, 0.05) is 44.7 Å². The molecule has 1 atom stereocenters. The van der Waals surface area contributed by atoms with E-state index in [0.717, 1.165) is 39.3 Å². The van der Waals surface area contributed by atoms with E-state index in [1.165, 1.54) is 5.56 Å². The van der Waals surface area contributed by atoms with E-state index in [0.29, 0.717) is 0 Å². The van der Waals surface area contributed by atoms with Crippen LogP contribution in [-0.2, 0) is 6.54 Å². The Morgan fingerprint density at radius 3 is 2.15 bits per heavy atom. The fraction of sp³-hybridized carbons (Fsp3) is 0.647. The third-order valence-corrected chi connectivity index (χ3v) is 4.48. The number of aliphatic hydroxyl groups is 1. The quantitative estimate of drug-likeness (QED) is 0.893. The molecule has 3 heteroatoms. The highest BCUT2D eigenvalue weighted by atomic mass is 16.3. The predicted octanol–water partition coefficient (Wildman–Crippen LogP) is 2.21. The molecule has 0 aliphatic carbocycles. The first-order valence-electron chi connectivity index (χ1n) is 7.64. The van der Waals surface area contributed by atoms with Gasteiger partial charge in [-0.15, -0.1) is 0 Å². The van der Waals surface area contributed by atoms with Crippen LogP contribution in [0.1, 0.15) is 26.3 Å². The Morgan fingerprint density at radius 1 is 1.05 bits per heavy atom. The number of aliphatic hydroxyl groups excluding tert-OH is 1. The Morgan fingerprint density at radius 2 is 1.60 bits per heavy atom. The molecule has 0 amide bonds. The van der Waals surface area contributed by atoms with Gasteiger partial charge in [-0.2, -0.15) is 0 Å². The second-order valence-corrected chi connectivity index (χ2v) is 6.70. The average Bonchev–Trinajstić information content (AvgIpc) is 2.42. The Kier molecular flexibility index (Phi) is 5.19. The highest BCUT2D eigenvalue weighted by Gasteiger charge is 2.28. The molecule has 1 aromatic carbocycles. The van der Waals surface area contributed by atoms with Crippen molar-refractivity contribution in [1.29, 1.82) is 0 Å². The monoisotopic (exact) mass is 276 g/mol. The van der Waals surface area contributed by atoms with Crippen LogP contribution in [0.15, 0.2) is 30.3 Å². The van der Waals surface area contributed by atoms with E-state index in [9.17, 15) is 5.11 Å². The first kappa shape index (κ1) is 15.5. The van der Waals surface area contributed by atoms with Crippen molar-refractivity contribution in [3.8, 4) is 0 Å². The molecule has 20 heavy (non-hydrogen) atoms. The summed E-state index contributed by atoms with van der Waals surface area (Å²) in [5.41, 5.74) is 1.37. The smallest absolute Gasteiger partial charge is 0.0575 e. The van der Waals surface area contributed by atoms with Gasteiger partial charge in [0.1, 0.15) is 0 Å². The van der Waals surface area contributed by atoms with Crippen LogP contribution in [0.3, 0.4) is 0 Å². The molecule has 0 bridgehead atoms. The Bertz CT molecular complexity index is 395. The molecular formula is C17H28N2O. The summed E-state index contributed by atoms with van der Waals surface area (Å²) in [6.45, 7) is 12.6. The normalized spacial score (nSPS) is 20.0. The molecule has 1 saturated heterocycles. The molecule has 0 saturated carbocycles. The summed E-state index contributed by atoms with van der Waals surface area (Å²) < 4.78 is 0. The molecule has 1 heterocycles. The molecule has 1 aliphatic rings. The zero-order valence-electron chi connectivity index (χ0n) is 13.0. The van der Waals surface area contributed by atoms with Crippen molar-refractivity contribution in [3.63, 3.8) is 0 Å². The molecule has 0 aromatic heterocycles. The highest BCUT2D eigenvalue weighted by molar-refractivity contribution is 5.14. The van der Waals surface area contributed by atoms with Crippen LogP contribution >= 0.6 is 0 Å². The van der Waals surface area contributed by atoms with E-state index in [2.05, 4.69) is 54.0 Å². The van der Waals surface area contributed by atoms with Gasteiger partial charge in [0.25, 0.3) is 0 Å². The largest absolute Gasteiger partial charge is 0.393 e. The van der Waals surface area contributed by atoms with Gasteiger partial charge in [0.2, 0.25) is 0 Å². The molecule has 0 radical (unpaired) electrons. The van der Waals surface area contributed by atoms with E-state index in [1.807, 2.05) is 6.92 Å². The number of hydrogen-bond donors (Lipinski definition) is 1. The Hall–Kier alpha value is -0.900. The van der Waals surface area contributed by atoms with E-state index >= 15 is 0 Å². The molecule has 1 fully saturated rings. The van der Waals surface area contributed by atoms with Crippen molar-refractivity contribution in [2.45, 2.75) is 33.4 Å². The third kappa shape index (κ3) is 4.30. The van der Waals surface area contributed by atoms with Crippen molar-refractivity contribution < 1.29 is 5.11 Å². The number of nitrogens with zero attached hydrogens (tertiary/aromatic N) is 2. The summed E-state index contributed by atoms with van der Waals surface area (Å²) >= 11 is 0. The van der Waals surface area contributed by atoms with Crippen molar-refractivity contribution in [3.05, 3.63) is 35.9 Å².